The number of ketones is 2. The first-order valence-electron chi connectivity index (χ1n) is 6.43. The van der Waals surface area contributed by atoms with Gasteiger partial charge in [-0.25, -0.2) is 27.1 Å². The molecule has 1 aliphatic carbocycles. The molecule has 0 radical (unpaired) electrons. The lowest BCUT2D eigenvalue weighted by atomic mass is 9.84. The Balaban J connectivity index is 2.26. The third-order valence-corrected chi connectivity index (χ3v) is 5.44. The minimum absolute atomic E-state index is 0.0357. The minimum Gasteiger partial charge on any atom is -0.289 e. The average Bonchev–Trinajstić information content (AvgIpc) is 2.49. The van der Waals surface area contributed by atoms with E-state index in [-0.39, 0.29) is 32.0 Å². The Bertz CT molecular complexity index is 1040. The second-order valence-corrected chi connectivity index (χ2v) is 8.29. The Labute approximate surface area is 137 Å². The number of benzene rings is 2. The van der Waals surface area contributed by atoms with Crippen LogP contribution in [0.3, 0.4) is 0 Å². The lowest BCUT2D eigenvalue weighted by Crippen LogP contribution is -2.23. The molecule has 4 N–H and O–H groups in total. The number of fused-ring (bicyclic) bond motifs is 2. The topological polar surface area (TPSA) is 154 Å². The molecule has 0 heterocycles. The third-order valence-electron chi connectivity index (χ3n) is 3.62. The molecule has 3 rings (SSSR count). The predicted octanol–water partition coefficient (Wildman–Crippen LogP) is -0.243. The molecule has 2 aromatic rings. The summed E-state index contributed by atoms with van der Waals surface area (Å²) in [7, 11) is -8.08. The summed E-state index contributed by atoms with van der Waals surface area (Å²) in [5.41, 5.74) is -0.289. The molecule has 0 aliphatic heterocycles. The molecule has 124 valence electrons. The van der Waals surface area contributed by atoms with Crippen molar-refractivity contribution in [2.75, 3.05) is 0 Å². The molecule has 0 spiro atoms. The first kappa shape index (κ1) is 16.5. The summed E-state index contributed by atoms with van der Waals surface area (Å²) < 4.78 is 45.6. The quantitative estimate of drug-likeness (QED) is 0.637. The van der Waals surface area contributed by atoms with Crippen molar-refractivity contribution in [2.45, 2.75) is 9.79 Å². The molecule has 0 aromatic heterocycles. The summed E-state index contributed by atoms with van der Waals surface area (Å²) in [6.45, 7) is 0. The van der Waals surface area contributed by atoms with Crippen LogP contribution in [-0.2, 0) is 20.0 Å². The maximum absolute atomic E-state index is 12.5. The van der Waals surface area contributed by atoms with Gasteiger partial charge in [-0.3, -0.25) is 9.59 Å². The van der Waals surface area contributed by atoms with Crippen LogP contribution in [0, 0.1) is 0 Å². The highest BCUT2D eigenvalue weighted by molar-refractivity contribution is 7.89. The lowest BCUT2D eigenvalue weighted by molar-refractivity contribution is 0.0978. The van der Waals surface area contributed by atoms with Gasteiger partial charge in [-0.05, 0) is 36.4 Å². The Morgan fingerprint density at radius 2 is 0.917 bits per heavy atom. The standard InChI is InChI=1S/C14H10N2O6S2/c15-23(19,20)7-1-3-9-11(5-7)14(18)10-4-2-8(24(16,21)22)6-12(10)13(9)17/h1-6H,(H2,15,19,20)(H2,16,21,22). The van der Waals surface area contributed by atoms with Crippen molar-refractivity contribution in [2.24, 2.45) is 10.3 Å². The average molecular weight is 366 g/mol. The molecular weight excluding hydrogens is 356 g/mol. The molecule has 10 heteroatoms. The number of hydrogen-bond donors (Lipinski definition) is 2. The van der Waals surface area contributed by atoms with Crippen LogP contribution in [0.4, 0.5) is 0 Å². The molecule has 24 heavy (non-hydrogen) atoms. The highest BCUT2D eigenvalue weighted by Crippen LogP contribution is 2.30. The maximum Gasteiger partial charge on any atom is 0.238 e. The summed E-state index contributed by atoms with van der Waals surface area (Å²) in [5, 5.41) is 10.1. The van der Waals surface area contributed by atoms with Gasteiger partial charge in [-0.2, -0.15) is 0 Å². The van der Waals surface area contributed by atoms with Gasteiger partial charge in [0.2, 0.25) is 20.0 Å². The van der Waals surface area contributed by atoms with E-state index >= 15 is 0 Å². The van der Waals surface area contributed by atoms with E-state index in [2.05, 4.69) is 0 Å². The van der Waals surface area contributed by atoms with Crippen LogP contribution in [0.15, 0.2) is 46.2 Å². The van der Waals surface area contributed by atoms with Crippen molar-refractivity contribution in [1.82, 2.24) is 0 Å². The van der Waals surface area contributed by atoms with Gasteiger partial charge in [0.25, 0.3) is 0 Å². The van der Waals surface area contributed by atoms with Crippen LogP contribution in [-0.4, -0.2) is 28.4 Å². The van der Waals surface area contributed by atoms with E-state index < -0.39 is 31.6 Å². The monoisotopic (exact) mass is 366 g/mol. The number of carbonyl (C=O) groups is 2. The molecule has 0 unspecified atom stereocenters. The van der Waals surface area contributed by atoms with E-state index in [1.807, 2.05) is 0 Å². The molecule has 0 fully saturated rings. The second-order valence-electron chi connectivity index (χ2n) is 5.16. The zero-order valence-electron chi connectivity index (χ0n) is 11.9. The molecule has 0 bridgehead atoms. The van der Waals surface area contributed by atoms with Gasteiger partial charge in [0.1, 0.15) is 0 Å². The van der Waals surface area contributed by atoms with Crippen LogP contribution in [0.2, 0.25) is 0 Å². The van der Waals surface area contributed by atoms with Gasteiger partial charge >= 0.3 is 0 Å². The summed E-state index contributed by atoms with van der Waals surface area (Å²) in [6.07, 6.45) is 0. The Hall–Kier alpha value is -2.40. The molecular formula is C14H10N2O6S2. The Morgan fingerprint density at radius 3 is 1.21 bits per heavy atom. The normalized spacial score (nSPS) is 14.2. The fourth-order valence-electron chi connectivity index (χ4n) is 2.46. The van der Waals surface area contributed by atoms with Crippen LogP contribution in [0.5, 0.6) is 0 Å². The van der Waals surface area contributed by atoms with Gasteiger partial charge in [-0.15, -0.1) is 0 Å². The fourth-order valence-corrected chi connectivity index (χ4v) is 3.54. The van der Waals surface area contributed by atoms with E-state index in [0.717, 1.165) is 24.3 Å². The largest absolute Gasteiger partial charge is 0.289 e. The Morgan fingerprint density at radius 1 is 0.583 bits per heavy atom. The third kappa shape index (κ3) is 2.55. The molecule has 1 aliphatic rings. The summed E-state index contributed by atoms with van der Waals surface area (Å²) in [5.74, 6) is -1.21. The lowest BCUT2D eigenvalue weighted by Gasteiger charge is -2.18. The van der Waals surface area contributed by atoms with E-state index in [1.54, 1.807) is 0 Å². The maximum atomic E-state index is 12.5. The molecule has 0 saturated carbocycles. The second kappa shape index (κ2) is 5.05. The van der Waals surface area contributed by atoms with Crippen molar-refractivity contribution in [3.05, 3.63) is 58.7 Å². The smallest absolute Gasteiger partial charge is 0.238 e. The zero-order chi connectivity index (χ0) is 17.9. The van der Waals surface area contributed by atoms with Crippen molar-refractivity contribution in [3.8, 4) is 0 Å². The molecule has 0 saturated heterocycles. The molecule has 2 aromatic carbocycles. The van der Waals surface area contributed by atoms with Crippen LogP contribution >= 0.6 is 0 Å². The first-order valence-corrected chi connectivity index (χ1v) is 9.52. The summed E-state index contributed by atoms with van der Waals surface area (Å²) in [6, 6.07) is 6.61. The van der Waals surface area contributed by atoms with Gasteiger partial charge in [0.05, 0.1) is 9.79 Å². The number of hydrogen-bond acceptors (Lipinski definition) is 6. The minimum atomic E-state index is -4.04. The number of carbonyl (C=O) groups excluding carboxylic acids is 2. The number of sulfonamides is 2. The highest BCUT2D eigenvalue weighted by Gasteiger charge is 2.31. The highest BCUT2D eigenvalue weighted by atomic mass is 32.2. The predicted molar refractivity (Wildman–Crippen MR) is 82.5 cm³/mol. The van der Waals surface area contributed by atoms with Crippen molar-refractivity contribution >= 4 is 31.6 Å². The van der Waals surface area contributed by atoms with Crippen LogP contribution < -0.4 is 10.3 Å². The summed E-state index contributed by atoms with van der Waals surface area (Å²) in [4.78, 5) is 24.5. The number of nitrogens with two attached hydrogens (primary N) is 2. The van der Waals surface area contributed by atoms with Gasteiger partial charge < -0.3 is 0 Å². The van der Waals surface area contributed by atoms with E-state index in [4.69, 9.17) is 10.3 Å². The van der Waals surface area contributed by atoms with Crippen molar-refractivity contribution in [1.29, 1.82) is 0 Å². The summed E-state index contributed by atoms with van der Waals surface area (Å²) >= 11 is 0. The molecule has 8 nitrogen and oxygen atoms in total. The molecule has 0 amide bonds. The van der Waals surface area contributed by atoms with E-state index in [9.17, 15) is 26.4 Å². The van der Waals surface area contributed by atoms with E-state index in [1.165, 1.54) is 12.1 Å². The van der Waals surface area contributed by atoms with Gasteiger partial charge in [0.15, 0.2) is 11.6 Å². The van der Waals surface area contributed by atoms with Crippen molar-refractivity contribution < 1.29 is 26.4 Å². The number of rotatable bonds is 2. The first-order chi connectivity index (χ1) is 11.0. The Kier molecular flexibility index (Phi) is 3.46. The zero-order valence-corrected chi connectivity index (χ0v) is 13.5. The number of primary sulfonamides is 2. The van der Waals surface area contributed by atoms with Gasteiger partial charge in [0, 0.05) is 22.3 Å². The SMILES string of the molecule is NS(=O)(=O)c1ccc2c(c1)C(=O)c1ccc(S(N)(=O)=O)cc1C2=O. The molecule has 0 atom stereocenters. The van der Waals surface area contributed by atoms with Crippen LogP contribution in [0.1, 0.15) is 31.8 Å². The van der Waals surface area contributed by atoms with Gasteiger partial charge in [-0.1, -0.05) is 0 Å². The van der Waals surface area contributed by atoms with Crippen LogP contribution in [0.25, 0.3) is 0 Å². The van der Waals surface area contributed by atoms with Crippen molar-refractivity contribution in [3.63, 3.8) is 0 Å². The fraction of sp³-hybridized carbons (Fsp3) is 0. The van der Waals surface area contributed by atoms with E-state index in [0.29, 0.717) is 0 Å².